The van der Waals surface area contributed by atoms with Crippen LogP contribution in [-0.4, -0.2) is 9.55 Å². The predicted molar refractivity (Wildman–Crippen MR) is 61.1 cm³/mol. The number of aromatic amines is 1. The molecule has 1 fully saturated rings. The molecule has 0 saturated heterocycles. The molecule has 1 saturated carbocycles. The van der Waals surface area contributed by atoms with Crippen LogP contribution in [0, 0.1) is 4.77 Å². The Morgan fingerprint density at radius 2 is 2.14 bits per heavy atom. The highest BCUT2D eigenvalue weighted by atomic mass is 32.1. The number of nitrogens with one attached hydrogen (secondary N) is 1. The van der Waals surface area contributed by atoms with Gasteiger partial charge in [0.1, 0.15) is 0 Å². The Labute approximate surface area is 90.3 Å². The van der Waals surface area contributed by atoms with E-state index in [9.17, 15) is 0 Å². The molecule has 1 aliphatic carbocycles. The molecule has 0 aliphatic heterocycles. The van der Waals surface area contributed by atoms with Gasteiger partial charge in [-0.15, -0.1) is 0 Å². The normalized spacial score (nSPS) is 18.6. The zero-order valence-electron chi connectivity index (χ0n) is 8.75. The monoisotopic (exact) mass is 210 g/mol. The van der Waals surface area contributed by atoms with Gasteiger partial charge in [-0.1, -0.05) is 26.2 Å². The summed E-state index contributed by atoms with van der Waals surface area (Å²) in [4.78, 5) is 3.16. The minimum atomic E-state index is 0.664. The van der Waals surface area contributed by atoms with Crippen LogP contribution in [0.5, 0.6) is 0 Å². The molecular weight excluding hydrogens is 192 g/mol. The van der Waals surface area contributed by atoms with Gasteiger partial charge in [0.05, 0.1) is 0 Å². The van der Waals surface area contributed by atoms with Crippen molar-refractivity contribution in [2.45, 2.75) is 51.5 Å². The lowest BCUT2D eigenvalue weighted by Gasteiger charge is -2.24. The quantitative estimate of drug-likeness (QED) is 0.739. The maximum Gasteiger partial charge on any atom is 0.177 e. The molecule has 0 radical (unpaired) electrons. The first-order valence-electron chi connectivity index (χ1n) is 5.61. The van der Waals surface area contributed by atoms with Crippen molar-refractivity contribution in [2.75, 3.05) is 0 Å². The number of hydrogen-bond donors (Lipinski definition) is 1. The van der Waals surface area contributed by atoms with E-state index in [-0.39, 0.29) is 0 Å². The second kappa shape index (κ2) is 4.30. The third-order valence-corrected chi connectivity index (χ3v) is 3.51. The summed E-state index contributed by atoms with van der Waals surface area (Å²) in [5.41, 5.74) is 1.36. The minimum Gasteiger partial charge on any atom is -0.337 e. The summed E-state index contributed by atoms with van der Waals surface area (Å²) in [5, 5.41) is 0. The molecule has 1 aromatic rings. The van der Waals surface area contributed by atoms with Crippen molar-refractivity contribution in [1.82, 2.24) is 9.55 Å². The summed E-state index contributed by atoms with van der Waals surface area (Å²) in [6, 6.07) is 0.664. The number of aryl methyl sites for hydroxylation is 1. The average Bonchev–Trinajstić information content (AvgIpc) is 2.61. The molecule has 0 amide bonds. The lowest BCUT2D eigenvalue weighted by molar-refractivity contribution is 0.344. The molecular formula is C11H18N2S. The fourth-order valence-electron chi connectivity index (χ4n) is 2.43. The van der Waals surface area contributed by atoms with Gasteiger partial charge in [0.15, 0.2) is 4.77 Å². The van der Waals surface area contributed by atoms with E-state index in [1.165, 1.54) is 37.8 Å². The molecule has 2 rings (SSSR count). The van der Waals surface area contributed by atoms with Crippen molar-refractivity contribution in [3.05, 3.63) is 16.7 Å². The van der Waals surface area contributed by atoms with Crippen molar-refractivity contribution in [3.63, 3.8) is 0 Å². The van der Waals surface area contributed by atoms with Crippen molar-refractivity contribution in [1.29, 1.82) is 0 Å². The fourth-order valence-corrected chi connectivity index (χ4v) is 2.75. The summed E-state index contributed by atoms with van der Waals surface area (Å²) in [6.45, 7) is 2.19. The average molecular weight is 210 g/mol. The lowest BCUT2D eigenvalue weighted by atomic mass is 9.95. The third-order valence-electron chi connectivity index (χ3n) is 3.19. The Balaban J connectivity index is 2.28. The molecule has 78 valence electrons. The van der Waals surface area contributed by atoms with Crippen molar-refractivity contribution in [2.24, 2.45) is 0 Å². The Morgan fingerprint density at radius 1 is 1.43 bits per heavy atom. The Hall–Kier alpha value is -0.570. The van der Waals surface area contributed by atoms with Crippen LogP contribution in [-0.2, 0) is 6.42 Å². The molecule has 1 aromatic heterocycles. The van der Waals surface area contributed by atoms with E-state index in [4.69, 9.17) is 12.2 Å². The van der Waals surface area contributed by atoms with E-state index < -0.39 is 0 Å². The number of hydrogen-bond acceptors (Lipinski definition) is 1. The van der Waals surface area contributed by atoms with Crippen LogP contribution in [0.4, 0.5) is 0 Å². The largest absolute Gasteiger partial charge is 0.337 e. The van der Waals surface area contributed by atoms with E-state index in [0.717, 1.165) is 11.2 Å². The van der Waals surface area contributed by atoms with Crippen LogP contribution < -0.4 is 0 Å². The molecule has 0 unspecified atom stereocenters. The van der Waals surface area contributed by atoms with Crippen LogP contribution in [0.3, 0.4) is 0 Å². The van der Waals surface area contributed by atoms with E-state index in [0.29, 0.717) is 6.04 Å². The van der Waals surface area contributed by atoms with Gasteiger partial charge >= 0.3 is 0 Å². The van der Waals surface area contributed by atoms with E-state index >= 15 is 0 Å². The van der Waals surface area contributed by atoms with Gasteiger partial charge in [0.25, 0.3) is 0 Å². The summed E-state index contributed by atoms with van der Waals surface area (Å²) in [5.74, 6) is 0. The first kappa shape index (κ1) is 9.97. The minimum absolute atomic E-state index is 0.664. The van der Waals surface area contributed by atoms with Gasteiger partial charge in [-0.05, 0) is 31.5 Å². The Bertz CT molecular complexity index is 344. The van der Waals surface area contributed by atoms with Gasteiger partial charge in [0, 0.05) is 17.9 Å². The number of nitrogens with zero attached hydrogens (tertiary/aromatic N) is 1. The first-order valence-corrected chi connectivity index (χ1v) is 6.02. The molecule has 0 aromatic carbocycles. The smallest absolute Gasteiger partial charge is 0.177 e. The molecule has 0 atom stereocenters. The highest BCUT2D eigenvalue weighted by Crippen LogP contribution is 2.29. The van der Waals surface area contributed by atoms with Crippen LogP contribution in [0.1, 0.15) is 50.8 Å². The maximum absolute atomic E-state index is 5.33. The molecule has 1 heterocycles. The van der Waals surface area contributed by atoms with E-state index in [1.54, 1.807) is 0 Å². The van der Waals surface area contributed by atoms with Crippen LogP contribution in [0.15, 0.2) is 6.20 Å². The Morgan fingerprint density at radius 3 is 2.79 bits per heavy atom. The molecule has 3 heteroatoms. The van der Waals surface area contributed by atoms with Gasteiger partial charge in [0.2, 0.25) is 0 Å². The summed E-state index contributed by atoms with van der Waals surface area (Å²) in [6.07, 6.45) is 9.87. The molecule has 1 aliphatic rings. The van der Waals surface area contributed by atoms with Gasteiger partial charge < -0.3 is 9.55 Å². The topological polar surface area (TPSA) is 20.7 Å². The lowest BCUT2D eigenvalue weighted by Crippen LogP contribution is -2.15. The zero-order valence-corrected chi connectivity index (χ0v) is 9.57. The predicted octanol–water partition coefficient (Wildman–Crippen LogP) is 3.61. The molecule has 0 spiro atoms. The van der Waals surface area contributed by atoms with Gasteiger partial charge in [-0.25, -0.2) is 0 Å². The van der Waals surface area contributed by atoms with Crippen molar-refractivity contribution >= 4 is 12.2 Å². The standard InChI is InChI=1S/C11H18N2S/c1-2-9-8-12-11(14)13(9)10-6-4-3-5-7-10/h8,10H,2-7H2,1H3,(H,12,14). The third kappa shape index (κ3) is 1.78. The fraction of sp³-hybridized carbons (Fsp3) is 0.727. The zero-order chi connectivity index (χ0) is 9.97. The number of imidazole rings is 1. The van der Waals surface area contributed by atoms with Crippen LogP contribution in [0.25, 0.3) is 0 Å². The highest BCUT2D eigenvalue weighted by molar-refractivity contribution is 7.71. The second-order valence-electron chi connectivity index (χ2n) is 4.10. The molecule has 0 bridgehead atoms. The van der Waals surface area contributed by atoms with E-state index in [2.05, 4.69) is 22.7 Å². The highest BCUT2D eigenvalue weighted by Gasteiger charge is 2.17. The van der Waals surface area contributed by atoms with Crippen LogP contribution >= 0.6 is 12.2 Å². The van der Waals surface area contributed by atoms with Crippen molar-refractivity contribution in [3.8, 4) is 0 Å². The Kier molecular flexibility index (Phi) is 3.06. The van der Waals surface area contributed by atoms with E-state index in [1.807, 2.05) is 0 Å². The molecule has 14 heavy (non-hydrogen) atoms. The summed E-state index contributed by atoms with van der Waals surface area (Å²) < 4.78 is 3.25. The van der Waals surface area contributed by atoms with Crippen molar-refractivity contribution < 1.29 is 0 Å². The van der Waals surface area contributed by atoms with Crippen LogP contribution in [0.2, 0.25) is 0 Å². The maximum atomic E-state index is 5.33. The molecule has 2 nitrogen and oxygen atoms in total. The van der Waals surface area contributed by atoms with Gasteiger partial charge in [-0.2, -0.15) is 0 Å². The number of aromatic nitrogens is 2. The SMILES string of the molecule is CCc1c[nH]c(=S)n1C1CCCCC1. The second-order valence-corrected chi connectivity index (χ2v) is 4.49. The molecule has 1 N–H and O–H groups in total. The van der Waals surface area contributed by atoms with Gasteiger partial charge in [-0.3, -0.25) is 0 Å². The number of rotatable bonds is 2. The summed E-state index contributed by atoms with van der Waals surface area (Å²) in [7, 11) is 0. The number of H-pyrrole nitrogens is 1. The summed E-state index contributed by atoms with van der Waals surface area (Å²) >= 11 is 5.33. The first-order chi connectivity index (χ1) is 6.83.